The van der Waals surface area contributed by atoms with Crippen molar-refractivity contribution in [3.8, 4) is 22.8 Å². The van der Waals surface area contributed by atoms with Gasteiger partial charge in [0, 0.05) is 27.1 Å². The molecule has 0 unspecified atom stereocenters. The highest BCUT2D eigenvalue weighted by atomic mass is 32.2. The van der Waals surface area contributed by atoms with E-state index < -0.39 is 0 Å². The molecule has 0 aliphatic heterocycles. The molecule has 0 fully saturated rings. The smallest absolute Gasteiger partial charge is 0.255 e. The Kier molecular flexibility index (Phi) is 8.02. The van der Waals surface area contributed by atoms with Gasteiger partial charge in [0.2, 0.25) is 5.91 Å². The van der Waals surface area contributed by atoms with E-state index in [0.717, 1.165) is 21.9 Å². The maximum atomic E-state index is 12.5. The van der Waals surface area contributed by atoms with Crippen LogP contribution in [0.25, 0.3) is 11.3 Å². The van der Waals surface area contributed by atoms with Crippen LogP contribution in [0.1, 0.15) is 10.4 Å². The number of amides is 2. The first kappa shape index (κ1) is 24.3. The highest BCUT2D eigenvalue weighted by Crippen LogP contribution is 2.28. The summed E-state index contributed by atoms with van der Waals surface area (Å²) in [6.07, 6.45) is 0. The zero-order valence-corrected chi connectivity index (χ0v) is 20.7. The lowest BCUT2D eigenvalue weighted by atomic mass is 10.2. The molecule has 4 aromatic rings. The van der Waals surface area contributed by atoms with E-state index >= 15 is 0 Å². The normalized spacial score (nSPS) is 10.5. The van der Waals surface area contributed by atoms with Crippen LogP contribution in [0.2, 0.25) is 0 Å². The fourth-order valence-electron chi connectivity index (χ4n) is 3.16. The molecule has 35 heavy (non-hydrogen) atoms. The summed E-state index contributed by atoms with van der Waals surface area (Å²) in [6, 6.07) is 21.9. The molecule has 0 saturated heterocycles. The third-order valence-corrected chi connectivity index (χ3v) is 6.68. The summed E-state index contributed by atoms with van der Waals surface area (Å²) in [5, 5.41) is 8.16. The molecule has 0 aliphatic carbocycles. The molecule has 9 heteroatoms. The zero-order chi connectivity index (χ0) is 24.6. The Hall–Kier alpha value is -3.82. The molecule has 178 valence electrons. The third kappa shape index (κ3) is 6.62. The van der Waals surface area contributed by atoms with Crippen molar-refractivity contribution in [1.29, 1.82) is 0 Å². The minimum Gasteiger partial charge on any atom is -0.497 e. The van der Waals surface area contributed by atoms with Gasteiger partial charge >= 0.3 is 0 Å². The lowest BCUT2D eigenvalue weighted by Crippen LogP contribution is -2.14. The van der Waals surface area contributed by atoms with Crippen molar-refractivity contribution in [2.24, 2.45) is 0 Å². The largest absolute Gasteiger partial charge is 0.497 e. The van der Waals surface area contributed by atoms with Crippen LogP contribution in [0, 0.1) is 0 Å². The molecule has 2 N–H and O–H groups in total. The SMILES string of the molecule is COc1ccc(C(=O)Nc2cccc(SCC(=O)Nc3nc(-c4cccc(OC)c4)cs3)c2)cc1. The molecule has 0 spiro atoms. The standard InChI is InChI=1S/C26H23N3O4S2/c1-32-20-11-9-17(10-12-20)25(31)27-19-6-4-8-22(14-19)34-16-24(30)29-26-28-23(15-35-26)18-5-3-7-21(13-18)33-2/h3-15H,16H2,1-2H3,(H,27,31)(H,28,29,30). The van der Waals surface area contributed by atoms with Gasteiger partial charge in [0.1, 0.15) is 11.5 Å². The minimum atomic E-state index is -0.219. The van der Waals surface area contributed by atoms with Gasteiger partial charge in [0.05, 0.1) is 25.7 Å². The Morgan fingerprint density at radius 1 is 0.914 bits per heavy atom. The maximum Gasteiger partial charge on any atom is 0.255 e. The first-order valence-electron chi connectivity index (χ1n) is 10.6. The second-order valence-corrected chi connectivity index (χ2v) is 9.22. The van der Waals surface area contributed by atoms with Crippen LogP contribution in [0.15, 0.2) is 83.1 Å². The van der Waals surface area contributed by atoms with E-state index in [-0.39, 0.29) is 17.6 Å². The predicted molar refractivity (Wildman–Crippen MR) is 141 cm³/mol. The van der Waals surface area contributed by atoms with Gasteiger partial charge in [-0.2, -0.15) is 0 Å². The quantitative estimate of drug-likeness (QED) is 0.279. The van der Waals surface area contributed by atoms with Gasteiger partial charge in [-0.3, -0.25) is 9.59 Å². The molecule has 7 nitrogen and oxygen atoms in total. The van der Waals surface area contributed by atoms with Crippen molar-refractivity contribution < 1.29 is 19.1 Å². The molecule has 4 rings (SSSR count). The van der Waals surface area contributed by atoms with Crippen molar-refractivity contribution in [2.75, 3.05) is 30.6 Å². The third-order valence-electron chi connectivity index (χ3n) is 4.93. The molecule has 1 aromatic heterocycles. The van der Waals surface area contributed by atoms with Crippen molar-refractivity contribution >= 4 is 45.7 Å². The van der Waals surface area contributed by atoms with Gasteiger partial charge < -0.3 is 20.1 Å². The molecule has 0 aliphatic rings. The maximum absolute atomic E-state index is 12.5. The van der Waals surface area contributed by atoms with E-state index in [9.17, 15) is 9.59 Å². The van der Waals surface area contributed by atoms with E-state index in [4.69, 9.17) is 9.47 Å². The number of carbonyl (C=O) groups excluding carboxylic acids is 2. The van der Waals surface area contributed by atoms with Gasteiger partial charge in [-0.25, -0.2) is 4.98 Å². The zero-order valence-electron chi connectivity index (χ0n) is 19.1. The number of thioether (sulfide) groups is 1. The summed E-state index contributed by atoms with van der Waals surface area (Å²) in [5.41, 5.74) is 2.88. The number of hydrogen-bond donors (Lipinski definition) is 2. The number of thiazole rings is 1. The molecule has 0 atom stereocenters. The van der Waals surface area contributed by atoms with Crippen LogP contribution in [-0.2, 0) is 4.79 Å². The minimum absolute atomic E-state index is 0.158. The monoisotopic (exact) mass is 505 g/mol. The second-order valence-electron chi connectivity index (χ2n) is 7.32. The van der Waals surface area contributed by atoms with Crippen molar-refractivity contribution in [2.45, 2.75) is 4.90 Å². The van der Waals surface area contributed by atoms with E-state index in [2.05, 4.69) is 15.6 Å². The van der Waals surface area contributed by atoms with Crippen LogP contribution >= 0.6 is 23.1 Å². The lowest BCUT2D eigenvalue weighted by molar-refractivity contribution is -0.113. The summed E-state index contributed by atoms with van der Waals surface area (Å²) in [5.74, 6) is 1.27. The predicted octanol–water partition coefficient (Wildman–Crippen LogP) is 5.81. The molecule has 0 saturated carbocycles. The van der Waals surface area contributed by atoms with Gasteiger partial charge in [0.15, 0.2) is 5.13 Å². The molecule has 0 bridgehead atoms. The number of ether oxygens (including phenoxy) is 2. The molecular formula is C26H23N3O4S2. The summed E-state index contributed by atoms with van der Waals surface area (Å²) in [6.45, 7) is 0. The number of carbonyl (C=O) groups is 2. The highest BCUT2D eigenvalue weighted by Gasteiger charge is 2.11. The van der Waals surface area contributed by atoms with Crippen LogP contribution in [-0.4, -0.2) is 36.8 Å². The fourth-order valence-corrected chi connectivity index (χ4v) is 4.65. The second kappa shape index (κ2) is 11.5. The number of aromatic nitrogens is 1. The summed E-state index contributed by atoms with van der Waals surface area (Å²) in [7, 11) is 3.20. The number of nitrogens with one attached hydrogen (secondary N) is 2. The number of benzene rings is 3. The van der Waals surface area contributed by atoms with Gasteiger partial charge in [-0.05, 0) is 54.6 Å². The summed E-state index contributed by atoms with van der Waals surface area (Å²) in [4.78, 5) is 30.3. The van der Waals surface area contributed by atoms with E-state index in [1.54, 1.807) is 44.6 Å². The van der Waals surface area contributed by atoms with E-state index in [1.807, 2.05) is 47.8 Å². The average Bonchev–Trinajstić information content (AvgIpc) is 3.36. The number of methoxy groups -OCH3 is 2. The van der Waals surface area contributed by atoms with Crippen molar-refractivity contribution in [1.82, 2.24) is 4.98 Å². The van der Waals surface area contributed by atoms with Gasteiger partial charge in [-0.1, -0.05) is 18.2 Å². The fraction of sp³-hybridized carbons (Fsp3) is 0.115. The molecule has 0 radical (unpaired) electrons. The molecule has 1 heterocycles. The number of nitrogens with zero attached hydrogens (tertiary/aromatic N) is 1. The Labute approximate surface area is 211 Å². The van der Waals surface area contributed by atoms with Gasteiger partial charge in [0.25, 0.3) is 5.91 Å². The number of rotatable bonds is 9. The van der Waals surface area contributed by atoms with Crippen molar-refractivity contribution in [3.63, 3.8) is 0 Å². The van der Waals surface area contributed by atoms with Gasteiger partial charge in [-0.15, -0.1) is 23.1 Å². The highest BCUT2D eigenvalue weighted by molar-refractivity contribution is 8.00. The number of hydrogen-bond acceptors (Lipinski definition) is 7. The Morgan fingerprint density at radius 2 is 1.69 bits per heavy atom. The summed E-state index contributed by atoms with van der Waals surface area (Å²) < 4.78 is 10.4. The Bertz CT molecular complexity index is 1320. The van der Waals surface area contributed by atoms with Crippen LogP contribution in [0.3, 0.4) is 0 Å². The Morgan fingerprint density at radius 3 is 2.46 bits per heavy atom. The van der Waals surface area contributed by atoms with E-state index in [0.29, 0.717) is 22.1 Å². The lowest BCUT2D eigenvalue weighted by Gasteiger charge is -2.08. The Balaban J connectivity index is 1.31. The average molecular weight is 506 g/mol. The first-order valence-corrected chi connectivity index (χ1v) is 12.5. The summed E-state index contributed by atoms with van der Waals surface area (Å²) >= 11 is 2.75. The topological polar surface area (TPSA) is 89.5 Å². The van der Waals surface area contributed by atoms with Crippen LogP contribution in [0.4, 0.5) is 10.8 Å². The van der Waals surface area contributed by atoms with Crippen LogP contribution < -0.4 is 20.1 Å². The van der Waals surface area contributed by atoms with Crippen LogP contribution in [0.5, 0.6) is 11.5 Å². The number of anilines is 2. The van der Waals surface area contributed by atoms with Crippen molar-refractivity contribution in [3.05, 3.63) is 83.7 Å². The van der Waals surface area contributed by atoms with E-state index in [1.165, 1.54) is 23.1 Å². The molecular weight excluding hydrogens is 482 g/mol. The molecule has 3 aromatic carbocycles. The first-order chi connectivity index (χ1) is 17.0. The molecule has 2 amide bonds.